The number of urea groups is 2. The Morgan fingerprint density at radius 1 is 1.57 bits per heavy atom. The van der Waals surface area contributed by atoms with E-state index in [4.69, 9.17) is 11.5 Å². The first-order valence-electron chi connectivity index (χ1n) is 3.83. The highest BCUT2D eigenvalue weighted by atomic mass is 16.2. The average Bonchev–Trinajstić information content (AvgIpc) is 2.10. The monoisotopic (exact) mass is 201 g/mol. The lowest BCUT2D eigenvalue weighted by Crippen LogP contribution is -2.70. The van der Waals surface area contributed by atoms with Crippen molar-refractivity contribution in [2.24, 2.45) is 11.5 Å². The molecule has 8 nitrogen and oxygen atoms in total. The molecule has 2 unspecified atom stereocenters. The summed E-state index contributed by atoms with van der Waals surface area (Å²) in [6.45, 7) is 0. The van der Waals surface area contributed by atoms with E-state index >= 15 is 0 Å². The number of primary amides is 1. The van der Waals surface area contributed by atoms with Crippen LogP contribution in [0.4, 0.5) is 9.59 Å². The summed E-state index contributed by atoms with van der Waals surface area (Å²) in [5.41, 5.74) is 10.3. The Morgan fingerprint density at radius 2 is 2.14 bits per heavy atom. The minimum atomic E-state index is -1.02. The van der Waals surface area contributed by atoms with Crippen LogP contribution in [0, 0.1) is 0 Å². The number of likely N-dealkylation sites (N-methyl/N-ethyl adjacent to an activating group) is 1. The molecule has 0 spiro atoms. The highest BCUT2D eigenvalue weighted by Gasteiger charge is 2.37. The van der Waals surface area contributed by atoms with Crippen LogP contribution in [-0.4, -0.2) is 42.1 Å². The number of nitrogens with two attached hydrogens (primary N) is 2. The van der Waals surface area contributed by atoms with Gasteiger partial charge in [-0.1, -0.05) is 0 Å². The third kappa shape index (κ3) is 1.74. The maximum atomic E-state index is 11.3. The molecule has 0 radical (unpaired) electrons. The van der Waals surface area contributed by atoms with Crippen LogP contribution in [0.25, 0.3) is 0 Å². The summed E-state index contributed by atoms with van der Waals surface area (Å²) in [5, 5.41) is 4.45. The van der Waals surface area contributed by atoms with Crippen molar-refractivity contribution >= 4 is 18.0 Å². The third-order valence-electron chi connectivity index (χ3n) is 1.86. The van der Waals surface area contributed by atoms with Crippen molar-refractivity contribution in [3.05, 3.63) is 0 Å². The van der Waals surface area contributed by atoms with Crippen molar-refractivity contribution in [1.29, 1.82) is 0 Å². The van der Waals surface area contributed by atoms with E-state index in [-0.39, 0.29) is 0 Å². The van der Waals surface area contributed by atoms with E-state index in [0.29, 0.717) is 0 Å². The van der Waals surface area contributed by atoms with Gasteiger partial charge in [-0.25, -0.2) is 9.59 Å². The molecule has 0 saturated carbocycles. The Morgan fingerprint density at radius 3 is 2.64 bits per heavy atom. The summed E-state index contributed by atoms with van der Waals surface area (Å²) >= 11 is 0. The van der Waals surface area contributed by atoms with Crippen LogP contribution < -0.4 is 22.1 Å². The smallest absolute Gasteiger partial charge is 0.325 e. The van der Waals surface area contributed by atoms with Crippen molar-refractivity contribution in [2.45, 2.75) is 12.2 Å². The van der Waals surface area contributed by atoms with Gasteiger partial charge in [-0.15, -0.1) is 0 Å². The van der Waals surface area contributed by atoms with Crippen molar-refractivity contribution in [3.63, 3.8) is 0 Å². The second-order valence-corrected chi connectivity index (χ2v) is 2.86. The van der Waals surface area contributed by atoms with Crippen LogP contribution in [0.3, 0.4) is 0 Å². The summed E-state index contributed by atoms with van der Waals surface area (Å²) in [6.07, 6.45) is -0.955. The fraction of sp³-hybridized carbons (Fsp3) is 0.500. The van der Waals surface area contributed by atoms with Crippen LogP contribution in [0.2, 0.25) is 0 Å². The average molecular weight is 201 g/mol. The van der Waals surface area contributed by atoms with Crippen molar-refractivity contribution in [3.8, 4) is 0 Å². The molecule has 0 aromatic rings. The SMILES string of the molecule is CN1C(=O)NC(NC(N)=O)C(N)C1=O. The first-order chi connectivity index (χ1) is 6.43. The normalized spacial score (nSPS) is 27.1. The van der Waals surface area contributed by atoms with Gasteiger partial charge < -0.3 is 22.1 Å². The van der Waals surface area contributed by atoms with Crippen LogP contribution in [-0.2, 0) is 4.79 Å². The Labute approximate surface area is 79.6 Å². The number of amides is 5. The zero-order valence-electron chi connectivity index (χ0n) is 7.48. The van der Waals surface area contributed by atoms with Crippen molar-refractivity contribution in [1.82, 2.24) is 15.5 Å². The van der Waals surface area contributed by atoms with Crippen LogP contribution in [0.15, 0.2) is 0 Å². The summed E-state index contributed by atoms with van der Waals surface area (Å²) < 4.78 is 0. The molecule has 5 amide bonds. The van der Waals surface area contributed by atoms with Crippen LogP contribution in [0.5, 0.6) is 0 Å². The molecule has 0 aromatic heterocycles. The molecule has 78 valence electrons. The minimum Gasteiger partial charge on any atom is -0.352 e. The maximum absolute atomic E-state index is 11.3. The molecule has 1 rings (SSSR count). The summed E-state index contributed by atoms with van der Waals surface area (Å²) in [6, 6.07) is -2.51. The van der Waals surface area contributed by atoms with Gasteiger partial charge in [-0.05, 0) is 0 Å². The van der Waals surface area contributed by atoms with Crippen molar-refractivity contribution in [2.75, 3.05) is 7.05 Å². The molecule has 0 bridgehead atoms. The second-order valence-electron chi connectivity index (χ2n) is 2.86. The van der Waals surface area contributed by atoms with E-state index in [9.17, 15) is 14.4 Å². The molecule has 8 heteroatoms. The highest BCUT2D eigenvalue weighted by molar-refractivity contribution is 6.00. The number of nitrogens with zero attached hydrogens (tertiary/aromatic N) is 1. The van der Waals surface area contributed by atoms with E-state index < -0.39 is 30.2 Å². The van der Waals surface area contributed by atoms with Gasteiger partial charge in [0, 0.05) is 7.05 Å². The lowest BCUT2D eigenvalue weighted by atomic mass is 10.2. The highest BCUT2D eigenvalue weighted by Crippen LogP contribution is 2.02. The van der Waals surface area contributed by atoms with E-state index in [1.54, 1.807) is 0 Å². The quantitative estimate of drug-likeness (QED) is 0.373. The molecule has 1 aliphatic heterocycles. The molecule has 14 heavy (non-hydrogen) atoms. The van der Waals surface area contributed by atoms with Gasteiger partial charge >= 0.3 is 12.1 Å². The van der Waals surface area contributed by atoms with Gasteiger partial charge in [0.15, 0.2) is 0 Å². The van der Waals surface area contributed by atoms with Crippen LogP contribution >= 0.6 is 0 Å². The second kappa shape index (κ2) is 3.50. The number of carbonyl (C=O) groups excluding carboxylic acids is 3. The number of hydrogen-bond acceptors (Lipinski definition) is 4. The van der Waals surface area contributed by atoms with Gasteiger partial charge in [-0.3, -0.25) is 9.69 Å². The third-order valence-corrected chi connectivity index (χ3v) is 1.86. The van der Waals surface area contributed by atoms with Crippen LogP contribution in [0.1, 0.15) is 0 Å². The Kier molecular flexibility index (Phi) is 2.56. The van der Waals surface area contributed by atoms with Gasteiger partial charge in [0.1, 0.15) is 12.2 Å². The largest absolute Gasteiger partial charge is 0.352 e. The first-order valence-corrected chi connectivity index (χ1v) is 3.83. The standard InChI is InChI=1S/C6H11N5O3/c1-11-4(12)2(7)3(9-5(8)13)10-6(11)14/h2-3H,7H2,1H3,(H,10,14)(H3,8,9,13). The topological polar surface area (TPSA) is 131 Å². The minimum absolute atomic E-state index is 0.576. The molecule has 1 fully saturated rings. The fourth-order valence-corrected chi connectivity index (χ4v) is 1.07. The first kappa shape index (κ1) is 10.3. The van der Waals surface area contributed by atoms with Gasteiger partial charge in [0.2, 0.25) is 0 Å². The molecule has 1 heterocycles. The lowest BCUT2D eigenvalue weighted by molar-refractivity contribution is -0.130. The Hall–Kier alpha value is -1.83. The fourth-order valence-electron chi connectivity index (χ4n) is 1.07. The van der Waals surface area contributed by atoms with Gasteiger partial charge in [0.05, 0.1) is 0 Å². The summed E-state index contributed by atoms with van der Waals surface area (Å²) in [4.78, 5) is 33.7. The number of nitrogens with one attached hydrogen (secondary N) is 2. The summed E-state index contributed by atoms with van der Waals surface area (Å²) in [7, 11) is 1.29. The lowest BCUT2D eigenvalue weighted by Gasteiger charge is -2.33. The van der Waals surface area contributed by atoms with Gasteiger partial charge in [-0.2, -0.15) is 0 Å². The Balaban J connectivity index is 2.75. The molecular weight excluding hydrogens is 190 g/mol. The van der Waals surface area contributed by atoms with E-state index in [2.05, 4.69) is 10.6 Å². The predicted molar refractivity (Wildman–Crippen MR) is 45.8 cm³/mol. The maximum Gasteiger partial charge on any atom is 0.325 e. The van der Waals surface area contributed by atoms with E-state index in [1.165, 1.54) is 7.05 Å². The predicted octanol–water partition coefficient (Wildman–Crippen LogP) is -2.51. The van der Waals surface area contributed by atoms with E-state index in [0.717, 1.165) is 4.90 Å². The molecular formula is C6H11N5O3. The Bertz CT molecular complexity index is 291. The molecule has 1 saturated heterocycles. The molecule has 6 N–H and O–H groups in total. The molecule has 0 aromatic carbocycles. The van der Waals surface area contributed by atoms with Gasteiger partial charge in [0.25, 0.3) is 5.91 Å². The van der Waals surface area contributed by atoms with Crippen molar-refractivity contribution < 1.29 is 14.4 Å². The molecule has 2 atom stereocenters. The number of carbonyl (C=O) groups is 3. The zero-order valence-corrected chi connectivity index (χ0v) is 7.48. The summed E-state index contributed by atoms with van der Waals surface area (Å²) in [5.74, 6) is -0.576. The molecule has 1 aliphatic rings. The van der Waals surface area contributed by atoms with E-state index in [1.807, 2.05) is 0 Å². The number of rotatable bonds is 1. The number of hydrogen-bond donors (Lipinski definition) is 4. The number of imide groups is 1. The zero-order chi connectivity index (χ0) is 10.9. The molecule has 0 aliphatic carbocycles.